The maximum Gasteiger partial charge on any atom is 0.201 e. The van der Waals surface area contributed by atoms with E-state index in [4.69, 9.17) is 4.74 Å². The molecular formula is C12H10F2N2O. The third-order valence-electron chi connectivity index (χ3n) is 2.15. The van der Waals surface area contributed by atoms with Crippen LogP contribution in [0.4, 0.5) is 14.5 Å². The minimum absolute atomic E-state index is 0.167. The Morgan fingerprint density at radius 3 is 2.82 bits per heavy atom. The molecule has 0 aliphatic heterocycles. The summed E-state index contributed by atoms with van der Waals surface area (Å²) in [4.78, 5) is 3.90. The maximum atomic E-state index is 13.3. The van der Waals surface area contributed by atoms with Crippen LogP contribution >= 0.6 is 0 Å². The van der Waals surface area contributed by atoms with Crippen LogP contribution in [-0.4, -0.2) is 12.0 Å². The van der Waals surface area contributed by atoms with Gasteiger partial charge in [-0.1, -0.05) is 6.07 Å². The topological polar surface area (TPSA) is 34.2 Å². The summed E-state index contributed by atoms with van der Waals surface area (Å²) in [6, 6.07) is 5.40. The third-order valence-corrected chi connectivity index (χ3v) is 2.15. The molecule has 88 valence electrons. The fourth-order valence-corrected chi connectivity index (χ4v) is 1.30. The summed E-state index contributed by atoms with van der Waals surface area (Å²) in [5.41, 5.74) is 0.722. The summed E-state index contributed by atoms with van der Waals surface area (Å²) >= 11 is 0. The first-order chi connectivity index (χ1) is 8.20. The van der Waals surface area contributed by atoms with Gasteiger partial charge in [0.25, 0.3) is 0 Å². The number of hydrogen-bond donors (Lipinski definition) is 1. The zero-order chi connectivity index (χ0) is 12.3. The highest BCUT2D eigenvalue weighted by Crippen LogP contribution is 2.26. The molecular weight excluding hydrogens is 226 g/mol. The van der Waals surface area contributed by atoms with Crippen molar-refractivity contribution in [2.24, 2.45) is 0 Å². The van der Waals surface area contributed by atoms with Crippen LogP contribution in [0.2, 0.25) is 0 Å². The molecule has 0 saturated heterocycles. The molecule has 0 amide bonds. The summed E-state index contributed by atoms with van der Waals surface area (Å²) < 4.78 is 31.5. The quantitative estimate of drug-likeness (QED) is 0.888. The summed E-state index contributed by atoms with van der Waals surface area (Å²) in [5.74, 6) is -1.79. The molecule has 5 heteroatoms. The van der Waals surface area contributed by atoms with E-state index >= 15 is 0 Å². The number of nitrogens with zero attached hydrogens (tertiary/aromatic N) is 1. The average Bonchev–Trinajstić information content (AvgIpc) is 2.35. The Bertz CT molecular complexity index is 532. The molecule has 0 unspecified atom stereocenters. The number of nitrogens with one attached hydrogen (secondary N) is 1. The Hall–Kier alpha value is -2.17. The van der Waals surface area contributed by atoms with E-state index in [9.17, 15) is 8.78 Å². The Balaban J connectivity index is 2.28. The zero-order valence-corrected chi connectivity index (χ0v) is 9.08. The number of rotatable bonds is 3. The van der Waals surface area contributed by atoms with Crippen molar-refractivity contribution in [3.05, 3.63) is 48.3 Å². The predicted octanol–water partition coefficient (Wildman–Crippen LogP) is 3.19. The van der Waals surface area contributed by atoms with Gasteiger partial charge in [-0.2, -0.15) is 4.39 Å². The molecule has 0 aliphatic carbocycles. The van der Waals surface area contributed by atoms with Gasteiger partial charge in [0, 0.05) is 13.1 Å². The molecule has 0 atom stereocenters. The van der Waals surface area contributed by atoms with Crippen LogP contribution in [-0.2, 0) is 0 Å². The van der Waals surface area contributed by atoms with E-state index in [0.717, 1.165) is 11.8 Å². The van der Waals surface area contributed by atoms with Gasteiger partial charge in [-0.25, -0.2) is 4.39 Å². The summed E-state index contributed by atoms with van der Waals surface area (Å²) in [5, 5.41) is 2.87. The van der Waals surface area contributed by atoms with Gasteiger partial charge < -0.3 is 10.1 Å². The predicted molar refractivity (Wildman–Crippen MR) is 60.2 cm³/mol. The Kier molecular flexibility index (Phi) is 3.18. The van der Waals surface area contributed by atoms with Gasteiger partial charge in [0.2, 0.25) is 5.82 Å². The lowest BCUT2D eigenvalue weighted by atomic mass is 10.3. The number of anilines is 1. The van der Waals surface area contributed by atoms with Crippen molar-refractivity contribution in [1.82, 2.24) is 4.98 Å². The molecule has 0 aliphatic rings. The SMILES string of the molecule is CNc1cncc(Oc2cccc(F)c2F)c1. The second kappa shape index (κ2) is 4.78. The summed E-state index contributed by atoms with van der Waals surface area (Å²) in [6.07, 6.45) is 3.01. The van der Waals surface area contributed by atoms with E-state index in [-0.39, 0.29) is 5.75 Å². The van der Waals surface area contributed by atoms with Crippen LogP contribution in [0.5, 0.6) is 11.5 Å². The number of ether oxygens (including phenoxy) is 1. The van der Waals surface area contributed by atoms with E-state index in [2.05, 4.69) is 10.3 Å². The smallest absolute Gasteiger partial charge is 0.201 e. The number of halogens is 2. The first-order valence-electron chi connectivity index (χ1n) is 4.95. The highest BCUT2D eigenvalue weighted by molar-refractivity contribution is 5.45. The van der Waals surface area contributed by atoms with Crippen molar-refractivity contribution in [1.29, 1.82) is 0 Å². The van der Waals surface area contributed by atoms with Crippen LogP contribution in [0.1, 0.15) is 0 Å². The Morgan fingerprint density at radius 1 is 1.24 bits per heavy atom. The molecule has 0 bridgehead atoms. The van der Waals surface area contributed by atoms with Crippen LogP contribution in [0, 0.1) is 11.6 Å². The fraction of sp³-hybridized carbons (Fsp3) is 0.0833. The zero-order valence-electron chi connectivity index (χ0n) is 9.08. The monoisotopic (exact) mass is 236 g/mol. The molecule has 2 aromatic rings. The molecule has 0 fully saturated rings. The largest absolute Gasteiger partial charge is 0.452 e. The fourth-order valence-electron chi connectivity index (χ4n) is 1.30. The van der Waals surface area contributed by atoms with E-state index in [1.807, 2.05) is 0 Å². The molecule has 1 N–H and O–H groups in total. The normalized spacial score (nSPS) is 10.1. The lowest BCUT2D eigenvalue weighted by Crippen LogP contribution is -1.94. The second-order valence-corrected chi connectivity index (χ2v) is 3.31. The lowest BCUT2D eigenvalue weighted by Gasteiger charge is -2.07. The Morgan fingerprint density at radius 2 is 2.06 bits per heavy atom. The first kappa shape index (κ1) is 11.3. The van der Waals surface area contributed by atoms with Crippen molar-refractivity contribution in [3.63, 3.8) is 0 Å². The van der Waals surface area contributed by atoms with Gasteiger partial charge in [-0.15, -0.1) is 0 Å². The van der Waals surface area contributed by atoms with Gasteiger partial charge >= 0.3 is 0 Å². The van der Waals surface area contributed by atoms with Crippen molar-refractivity contribution in [3.8, 4) is 11.5 Å². The first-order valence-corrected chi connectivity index (χ1v) is 4.95. The highest BCUT2D eigenvalue weighted by Gasteiger charge is 2.09. The van der Waals surface area contributed by atoms with Gasteiger partial charge in [-0.05, 0) is 12.1 Å². The molecule has 1 heterocycles. The molecule has 0 spiro atoms. The van der Waals surface area contributed by atoms with Crippen LogP contribution in [0.15, 0.2) is 36.7 Å². The maximum absolute atomic E-state index is 13.3. The van der Waals surface area contributed by atoms with E-state index < -0.39 is 11.6 Å². The minimum atomic E-state index is -1.01. The van der Waals surface area contributed by atoms with Crippen LogP contribution in [0.3, 0.4) is 0 Å². The summed E-state index contributed by atoms with van der Waals surface area (Å²) in [7, 11) is 1.73. The third kappa shape index (κ3) is 2.50. The van der Waals surface area contributed by atoms with Crippen molar-refractivity contribution in [2.45, 2.75) is 0 Å². The van der Waals surface area contributed by atoms with Crippen molar-refractivity contribution < 1.29 is 13.5 Å². The Labute approximate surface area is 97.1 Å². The molecule has 2 rings (SSSR count). The molecule has 0 saturated carbocycles. The van der Waals surface area contributed by atoms with Gasteiger partial charge in [-0.3, -0.25) is 4.98 Å². The summed E-state index contributed by atoms with van der Waals surface area (Å²) in [6.45, 7) is 0. The minimum Gasteiger partial charge on any atom is -0.452 e. The number of aromatic nitrogens is 1. The molecule has 17 heavy (non-hydrogen) atoms. The van der Waals surface area contributed by atoms with E-state index in [1.54, 1.807) is 19.3 Å². The second-order valence-electron chi connectivity index (χ2n) is 3.31. The standard InChI is InChI=1S/C12H10F2N2O/c1-15-8-5-9(7-16-6-8)17-11-4-2-3-10(13)12(11)14/h2-7,15H,1H3. The van der Waals surface area contributed by atoms with Gasteiger partial charge in [0.05, 0.1) is 18.1 Å². The molecule has 0 radical (unpaired) electrons. The molecule has 3 nitrogen and oxygen atoms in total. The van der Waals surface area contributed by atoms with Crippen molar-refractivity contribution >= 4 is 5.69 Å². The van der Waals surface area contributed by atoms with E-state index in [1.165, 1.54) is 18.3 Å². The van der Waals surface area contributed by atoms with Crippen molar-refractivity contribution in [2.75, 3.05) is 12.4 Å². The number of pyridine rings is 1. The van der Waals surface area contributed by atoms with Gasteiger partial charge in [0.15, 0.2) is 11.6 Å². The van der Waals surface area contributed by atoms with Gasteiger partial charge in [0.1, 0.15) is 5.75 Å². The van der Waals surface area contributed by atoms with E-state index in [0.29, 0.717) is 5.75 Å². The van der Waals surface area contributed by atoms with Crippen LogP contribution in [0.25, 0.3) is 0 Å². The number of hydrogen-bond acceptors (Lipinski definition) is 3. The molecule has 1 aromatic carbocycles. The lowest BCUT2D eigenvalue weighted by molar-refractivity contribution is 0.415. The average molecular weight is 236 g/mol. The molecule has 1 aromatic heterocycles. The van der Waals surface area contributed by atoms with Crippen LogP contribution < -0.4 is 10.1 Å². The number of benzene rings is 1. The highest BCUT2D eigenvalue weighted by atomic mass is 19.2.